The first-order valence-electron chi connectivity index (χ1n) is 9.19. The van der Waals surface area contributed by atoms with Gasteiger partial charge in [0.15, 0.2) is 5.58 Å². The van der Waals surface area contributed by atoms with Gasteiger partial charge in [-0.05, 0) is 37.0 Å². The molecule has 1 amide bonds. The lowest BCUT2D eigenvalue weighted by atomic mass is 9.84. The number of amides is 1. The Bertz CT molecular complexity index is 1060. The number of aromatic amines is 1. The third-order valence-electron chi connectivity index (χ3n) is 5.71. The van der Waals surface area contributed by atoms with Crippen LogP contribution < -0.4 is 5.76 Å². The van der Waals surface area contributed by atoms with Crippen LogP contribution in [0.1, 0.15) is 24.1 Å². The van der Waals surface area contributed by atoms with Crippen LogP contribution in [0.2, 0.25) is 0 Å². The molecule has 2 aliphatic heterocycles. The van der Waals surface area contributed by atoms with Gasteiger partial charge in [0.25, 0.3) is 0 Å². The molecule has 4 heterocycles. The molecule has 8 nitrogen and oxygen atoms in total. The first kappa shape index (κ1) is 16.3. The third kappa shape index (κ3) is 2.59. The lowest BCUT2D eigenvalue weighted by Crippen LogP contribution is -2.49. The summed E-state index contributed by atoms with van der Waals surface area (Å²) in [6.07, 6.45) is 4.17. The second-order valence-corrected chi connectivity index (χ2v) is 7.17. The fraction of sp³-hybridized carbons (Fsp3) is 0.421. The van der Waals surface area contributed by atoms with Crippen LogP contribution in [0, 0.1) is 0 Å². The molecule has 0 bridgehead atoms. The molecule has 2 aromatic heterocycles. The minimum Gasteiger partial charge on any atom is -0.408 e. The van der Waals surface area contributed by atoms with Gasteiger partial charge >= 0.3 is 5.76 Å². The minimum absolute atomic E-state index is 0.0149. The highest BCUT2D eigenvalue weighted by Gasteiger charge is 2.43. The van der Waals surface area contributed by atoms with Crippen molar-refractivity contribution in [1.29, 1.82) is 0 Å². The second-order valence-electron chi connectivity index (χ2n) is 7.17. The van der Waals surface area contributed by atoms with Crippen molar-refractivity contribution in [2.24, 2.45) is 0 Å². The van der Waals surface area contributed by atoms with Crippen LogP contribution in [0.25, 0.3) is 11.1 Å². The number of aromatic nitrogens is 3. The summed E-state index contributed by atoms with van der Waals surface area (Å²) in [7, 11) is 0. The van der Waals surface area contributed by atoms with Gasteiger partial charge in [-0.15, -0.1) is 0 Å². The number of piperidine rings is 1. The normalized spacial score (nSPS) is 18.7. The summed E-state index contributed by atoms with van der Waals surface area (Å²) < 4.78 is 12.7. The molecule has 1 spiro atoms. The van der Waals surface area contributed by atoms with E-state index >= 15 is 0 Å². The molecule has 0 radical (unpaired) electrons. The molecule has 1 aromatic carbocycles. The van der Waals surface area contributed by atoms with Gasteiger partial charge in [0, 0.05) is 13.1 Å². The lowest BCUT2D eigenvalue weighted by Gasteiger charge is -2.43. The summed E-state index contributed by atoms with van der Waals surface area (Å²) in [5.74, 6) is -0.588. The molecule has 2 aliphatic rings. The quantitative estimate of drug-likeness (QED) is 0.738. The first-order valence-corrected chi connectivity index (χ1v) is 9.19. The standard InChI is InChI=1S/C19H20N4O4/c24-16(12-23-14-3-1-2-4-15(14)27-18(23)25)22-8-6-19(7-9-22)17-13(5-10-26-19)11-20-21-17/h1-4,11H,5-10,12H2,(H,20,21). The van der Waals surface area contributed by atoms with E-state index in [2.05, 4.69) is 10.2 Å². The number of nitrogens with one attached hydrogen (secondary N) is 1. The summed E-state index contributed by atoms with van der Waals surface area (Å²) in [4.78, 5) is 26.7. The van der Waals surface area contributed by atoms with E-state index in [1.165, 1.54) is 10.1 Å². The molecule has 3 aromatic rings. The van der Waals surface area contributed by atoms with Gasteiger partial charge in [0.2, 0.25) is 5.91 Å². The molecule has 8 heteroatoms. The van der Waals surface area contributed by atoms with Gasteiger partial charge in [-0.3, -0.25) is 14.5 Å². The molecule has 27 heavy (non-hydrogen) atoms. The van der Waals surface area contributed by atoms with Gasteiger partial charge in [-0.1, -0.05) is 12.1 Å². The number of oxazole rings is 1. The Kier molecular flexibility index (Phi) is 3.68. The van der Waals surface area contributed by atoms with Crippen LogP contribution in [0.4, 0.5) is 0 Å². The molecule has 140 valence electrons. The number of likely N-dealkylation sites (tertiary alicyclic amines) is 1. The molecule has 0 aliphatic carbocycles. The van der Waals surface area contributed by atoms with Gasteiger partial charge in [0.05, 0.1) is 24.0 Å². The second kappa shape index (κ2) is 6.09. The maximum atomic E-state index is 12.8. The number of nitrogens with zero attached hydrogens (tertiary/aromatic N) is 3. The van der Waals surface area contributed by atoms with Crippen LogP contribution in [0.15, 0.2) is 39.7 Å². The van der Waals surface area contributed by atoms with Gasteiger partial charge in [-0.25, -0.2) is 4.79 Å². The van der Waals surface area contributed by atoms with Crippen molar-refractivity contribution in [3.05, 3.63) is 52.3 Å². The molecule has 0 saturated carbocycles. The summed E-state index contributed by atoms with van der Waals surface area (Å²) in [5.41, 5.74) is 3.02. The van der Waals surface area contributed by atoms with E-state index in [0.29, 0.717) is 30.8 Å². The number of para-hydroxylation sites is 2. The summed E-state index contributed by atoms with van der Waals surface area (Å²) in [5, 5.41) is 7.25. The van der Waals surface area contributed by atoms with Crippen molar-refractivity contribution >= 4 is 17.0 Å². The van der Waals surface area contributed by atoms with Crippen molar-refractivity contribution in [1.82, 2.24) is 19.7 Å². The van der Waals surface area contributed by atoms with E-state index in [0.717, 1.165) is 25.0 Å². The van der Waals surface area contributed by atoms with Crippen LogP contribution in [0.5, 0.6) is 0 Å². The Morgan fingerprint density at radius 2 is 2.07 bits per heavy atom. The molecular formula is C19H20N4O4. The Morgan fingerprint density at radius 1 is 1.26 bits per heavy atom. The zero-order valence-corrected chi connectivity index (χ0v) is 14.8. The molecule has 1 N–H and O–H groups in total. The van der Waals surface area contributed by atoms with E-state index in [-0.39, 0.29) is 18.1 Å². The molecular weight excluding hydrogens is 348 g/mol. The Hall–Kier alpha value is -2.87. The van der Waals surface area contributed by atoms with E-state index < -0.39 is 5.76 Å². The highest BCUT2D eigenvalue weighted by Crippen LogP contribution is 2.40. The SMILES string of the molecule is O=C(Cn1c(=O)oc2ccccc21)N1CCC2(CC1)OCCc1cn[nH]c12. The number of benzene rings is 1. The summed E-state index contributed by atoms with van der Waals surface area (Å²) >= 11 is 0. The Labute approximate surface area is 154 Å². The highest BCUT2D eigenvalue weighted by molar-refractivity contribution is 5.79. The average Bonchev–Trinajstić information content (AvgIpc) is 3.28. The van der Waals surface area contributed by atoms with Gasteiger partial charge < -0.3 is 14.1 Å². The molecule has 1 saturated heterocycles. The van der Waals surface area contributed by atoms with E-state index in [9.17, 15) is 9.59 Å². The number of H-pyrrole nitrogens is 1. The minimum atomic E-state index is -0.504. The Morgan fingerprint density at radius 3 is 2.93 bits per heavy atom. The highest BCUT2D eigenvalue weighted by atomic mass is 16.5. The fourth-order valence-electron chi connectivity index (χ4n) is 4.23. The van der Waals surface area contributed by atoms with Crippen molar-refractivity contribution in [3.8, 4) is 0 Å². The predicted molar refractivity (Wildman–Crippen MR) is 96.2 cm³/mol. The monoisotopic (exact) mass is 368 g/mol. The summed E-state index contributed by atoms with van der Waals surface area (Å²) in [6.45, 7) is 1.83. The Balaban J connectivity index is 1.32. The van der Waals surface area contributed by atoms with Crippen molar-refractivity contribution in [2.75, 3.05) is 19.7 Å². The maximum absolute atomic E-state index is 12.8. The number of hydrogen-bond donors (Lipinski definition) is 1. The molecule has 0 unspecified atom stereocenters. The van der Waals surface area contributed by atoms with Crippen LogP contribution in [0.3, 0.4) is 0 Å². The largest absolute Gasteiger partial charge is 0.420 e. The number of ether oxygens (including phenoxy) is 1. The van der Waals surface area contributed by atoms with Crippen molar-refractivity contribution < 1.29 is 13.9 Å². The van der Waals surface area contributed by atoms with Crippen molar-refractivity contribution in [3.63, 3.8) is 0 Å². The van der Waals surface area contributed by atoms with Gasteiger partial charge in [0.1, 0.15) is 12.1 Å². The molecule has 1 fully saturated rings. The topological polar surface area (TPSA) is 93.4 Å². The number of hydrogen-bond acceptors (Lipinski definition) is 5. The van der Waals surface area contributed by atoms with Crippen LogP contribution >= 0.6 is 0 Å². The number of rotatable bonds is 2. The van der Waals surface area contributed by atoms with E-state index in [1.54, 1.807) is 23.1 Å². The number of carbonyl (C=O) groups is 1. The first-order chi connectivity index (χ1) is 13.2. The van der Waals surface area contributed by atoms with Gasteiger partial charge in [-0.2, -0.15) is 5.10 Å². The molecule has 5 rings (SSSR count). The maximum Gasteiger partial charge on any atom is 0.420 e. The van der Waals surface area contributed by atoms with Crippen molar-refractivity contribution in [2.45, 2.75) is 31.4 Å². The van der Waals surface area contributed by atoms with Crippen LogP contribution in [-0.4, -0.2) is 45.3 Å². The third-order valence-corrected chi connectivity index (χ3v) is 5.71. The van der Waals surface area contributed by atoms with E-state index in [1.807, 2.05) is 12.3 Å². The molecule has 0 atom stereocenters. The predicted octanol–water partition coefficient (Wildman–Crippen LogP) is 1.41. The van der Waals surface area contributed by atoms with E-state index in [4.69, 9.17) is 9.15 Å². The average molecular weight is 368 g/mol. The number of carbonyl (C=O) groups excluding carboxylic acids is 1. The fourth-order valence-corrected chi connectivity index (χ4v) is 4.23. The zero-order chi connectivity index (χ0) is 18.4. The summed E-state index contributed by atoms with van der Waals surface area (Å²) in [6, 6.07) is 7.14. The zero-order valence-electron chi connectivity index (χ0n) is 14.8. The van der Waals surface area contributed by atoms with Crippen LogP contribution in [-0.2, 0) is 28.1 Å². The number of fused-ring (bicyclic) bond motifs is 3. The smallest absolute Gasteiger partial charge is 0.408 e. The lowest BCUT2D eigenvalue weighted by molar-refractivity contribution is -0.141.